The number of rotatable bonds is 4. The Morgan fingerprint density at radius 1 is 0.864 bits per heavy atom. The molecule has 0 aliphatic carbocycles. The predicted octanol–water partition coefficient (Wildman–Crippen LogP) is 4.96. The average molecular weight is 602 g/mol. The standard InChI is InChI=1S/C32H27NO11/c1-2-19-28-18-11-16(33(40)41)5-8-26(18)43-32(19,15-4-7-21(35)24(38)10-15)44-27-13-22(36)17-12-25(39)30(42-31(17)29(27)28)14-3-6-20(34)23(37)9-14/h3-11,13,19,25,28,30,34-39H,2,12H2,1H3/t19-,25-,28+,30+,32+/m0/s1. The highest BCUT2D eigenvalue weighted by Crippen LogP contribution is 2.64. The minimum absolute atomic E-state index is 0.0282. The summed E-state index contributed by atoms with van der Waals surface area (Å²) in [5.41, 5.74) is 1.85. The number of hydrogen-bond acceptors (Lipinski definition) is 11. The third kappa shape index (κ3) is 3.87. The Bertz CT molecular complexity index is 1860. The van der Waals surface area contributed by atoms with Gasteiger partial charge in [-0.15, -0.1) is 0 Å². The summed E-state index contributed by atoms with van der Waals surface area (Å²) in [4.78, 5) is 11.3. The number of non-ortho nitro benzene ring substituents is 1. The molecule has 0 fully saturated rings. The molecule has 0 saturated carbocycles. The first-order chi connectivity index (χ1) is 21.0. The third-order valence-electron chi connectivity index (χ3n) is 8.78. The van der Waals surface area contributed by atoms with Crippen molar-refractivity contribution in [2.75, 3.05) is 0 Å². The van der Waals surface area contributed by atoms with Gasteiger partial charge in [0, 0.05) is 52.8 Å². The van der Waals surface area contributed by atoms with Crippen molar-refractivity contribution >= 4 is 5.69 Å². The second-order valence-corrected chi connectivity index (χ2v) is 11.2. The third-order valence-corrected chi connectivity index (χ3v) is 8.78. The molecule has 0 aromatic heterocycles. The van der Waals surface area contributed by atoms with Gasteiger partial charge in [-0.2, -0.15) is 0 Å². The van der Waals surface area contributed by atoms with E-state index in [0.29, 0.717) is 40.0 Å². The van der Waals surface area contributed by atoms with Gasteiger partial charge >= 0.3 is 0 Å². The summed E-state index contributed by atoms with van der Waals surface area (Å²) in [7, 11) is 0. The van der Waals surface area contributed by atoms with E-state index in [-0.39, 0.29) is 40.9 Å². The second-order valence-electron chi connectivity index (χ2n) is 11.2. The van der Waals surface area contributed by atoms with Crippen LogP contribution >= 0.6 is 0 Å². The molecule has 44 heavy (non-hydrogen) atoms. The first kappa shape index (κ1) is 27.5. The molecule has 3 aliphatic rings. The zero-order chi connectivity index (χ0) is 31.1. The van der Waals surface area contributed by atoms with Crippen molar-refractivity contribution in [3.63, 3.8) is 0 Å². The first-order valence-corrected chi connectivity index (χ1v) is 14.0. The van der Waals surface area contributed by atoms with Crippen molar-refractivity contribution in [1.82, 2.24) is 0 Å². The molecule has 7 rings (SSSR count). The molecule has 0 amide bonds. The van der Waals surface area contributed by atoms with Gasteiger partial charge in [0.2, 0.25) is 0 Å². The first-order valence-electron chi connectivity index (χ1n) is 14.0. The van der Waals surface area contributed by atoms with Gasteiger partial charge in [-0.05, 0) is 48.4 Å². The molecule has 4 aromatic rings. The van der Waals surface area contributed by atoms with E-state index in [1.807, 2.05) is 6.92 Å². The van der Waals surface area contributed by atoms with E-state index in [1.54, 1.807) is 6.07 Å². The maximum atomic E-state index is 11.8. The molecule has 6 N–H and O–H groups in total. The fourth-order valence-electron chi connectivity index (χ4n) is 6.77. The van der Waals surface area contributed by atoms with Crippen LogP contribution in [0.4, 0.5) is 5.69 Å². The number of phenols is 5. The van der Waals surface area contributed by atoms with E-state index in [2.05, 4.69) is 0 Å². The summed E-state index contributed by atoms with van der Waals surface area (Å²) in [5.74, 6) is -3.84. The van der Waals surface area contributed by atoms with E-state index in [9.17, 15) is 40.8 Å². The molecule has 3 aliphatic heterocycles. The Kier molecular flexibility index (Phi) is 5.98. The average Bonchev–Trinajstić information content (AvgIpc) is 2.99. The van der Waals surface area contributed by atoms with Crippen molar-refractivity contribution in [3.8, 4) is 46.0 Å². The molecule has 0 radical (unpaired) electrons. The van der Waals surface area contributed by atoms with Crippen LogP contribution in [0.5, 0.6) is 46.0 Å². The highest BCUT2D eigenvalue weighted by atomic mass is 16.7. The van der Waals surface area contributed by atoms with Crippen molar-refractivity contribution < 1.29 is 49.8 Å². The number of hydrogen-bond donors (Lipinski definition) is 6. The Morgan fingerprint density at radius 2 is 1.57 bits per heavy atom. The molecule has 12 nitrogen and oxygen atoms in total. The summed E-state index contributed by atoms with van der Waals surface area (Å²) in [6.45, 7) is 1.90. The lowest BCUT2D eigenvalue weighted by Crippen LogP contribution is -2.54. The number of nitrogens with zero attached hydrogens (tertiary/aromatic N) is 1. The Morgan fingerprint density at radius 3 is 2.25 bits per heavy atom. The number of aliphatic hydroxyl groups is 1. The fourth-order valence-corrected chi connectivity index (χ4v) is 6.77. The normalized spacial score (nSPS) is 24.5. The molecule has 3 heterocycles. The molecule has 0 spiro atoms. The maximum Gasteiger partial charge on any atom is 0.281 e. The minimum Gasteiger partial charge on any atom is -0.507 e. The zero-order valence-electron chi connectivity index (χ0n) is 23.2. The van der Waals surface area contributed by atoms with E-state index >= 15 is 0 Å². The highest BCUT2D eigenvalue weighted by Gasteiger charge is 2.59. The highest BCUT2D eigenvalue weighted by molar-refractivity contribution is 5.66. The number of phenolic OH excluding ortho intramolecular Hbond substituents is 5. The number of ether oxygens (including phenoxy) is 3. The van der Waals surface area contributed by atoms with Gasteiger partial charge in [0.1, 0.15) is 29.1 Å². The van der Waals surface area contributed by atoms with Crippen molar-refractivity contribution in [1.29, 1.82) is 0 Å². The predicted molar refractivity (Wildman–Crippen MR) is 152 cm³/mol. The summed E-state index contributed by atoms with van der Waals surface area (Å²) in [6.07, 6.45) is -1.75. The van der Waals surface area contributed by atoms with Crippen LogP contribution in [-0.4, -0.2) is 41.7 Å². The smallest absolute Gasteiger partial charge is 0.281 e. The molecular weight excluding hydrogens is 574 g/mol. The molecule has 12 heteroatoms. The number of benzene rings is 4. The number of aliphatic hydroxyl groups excluding tert-OH is 1. The van der Waals surface area contributed by atoms with Crippen molar-refractivity contribution in [2.24, 2.45) is 5.92 Å². The molecule has 0 unspecified atom stereocenters. The van der Waals surface area contributed by atoms with E-state index in [0.717, 1.165) is 0 Å². The lowest BCUT2D eigenvalue weighted by atomic mass is 9.68. The molecule has 0 saturated heterocycles. The van der Waals surface area contributed by atoms with E-state index in [4.69, 9.17) is 14.2 Å². The molecule has 5 atom stereocenters. The van der Waals surface area contributed by atoms with E-state index in [1.165, 1.54) is 54.6 Å². The van der Waals surface area contributed by atoms with Crippen LogP contribution in [0.25, 0.3) is 0 Å². The second kappa shape index (κ2) is 9.58. The van der Waals surface area contributed by atoms with Crippen LogP contribution < -0.4 is 14.2 Å². The molecule has 2 bridgehead atoms. The van der Waals surface area contributed by atoms with Crippen LogP contribution in [-0.2, 0) is 12.2 Å². The fraction of sp³-hybridized carbons (Fsp3) is 0.250. The van der Waals surface area contributed by atoms with Crippen LogP contribution in [0.15, 0.2) is 60.7 Å². The van der Waals surface area contributed by atoms with Crippen molar-refractivity contribution in [2.45, 2.75) is 43.7 Å². The number of aromatic hydroxyl groups is 5. The van der Waals surface area contributed by atoms with E-state index < -0.39 is 46.3 Å². The molecule has 226 valence electrons. The molecular formula is C32H27NO11. The maximum absolute atomic E-state index is 11.8. The van der Waals surface area contributed by atoms with Crippen LogP contribution in [0.2, 0.25) is 0 Å². The lowest BCUT2D eigenvalue weighted by molar-refractivity contribution is -0.385. The summed E-state index contributed by atoms with van der Waals surface area (Å²) >= 11 is 0. The zero-order valence-corrected chi connectivity index (χ0v) is 23.2. The lowest BCUT2D eigenvalue weighted by Gasteiger charge is -2.52. The Balaban J connectivity index is 1.49. The Hall–Kier alpha value is -5.36. The van der Waals surface area contributed by atoms with Crippen molar-refractivity contribution in [3.05, 3.63) is 98.6 Å². The Labute approximate surface area is 249 Å². The van der Waals surface area contributed by atoms with Gasteiger partial charge in [-0.3, -0.25) is 10.1 Å². The van der Waals surface area contributed by atoms with Crippen LogP contribution in [0.3, 0.4) is 0 Å². The quantitative estimate of drug-likeness (QED) is 0.105. The number of nitro groups is 1. The van der Waals surface area contributed by atoms with Gasteiger partial charge in [0.15, 0.2) is 23.0 Å². The number of nitro benzene ring substituents is 1. The molecule has 4 aromatic carbocycles. The van der Waals surface area contributed by atoms with Gasteiger partial charge in [0.05, 0.1) is 16.9 Å². The topological polar surface area (TPSA) is 192 Å². The minimum atomic E-state index is -1.59. The van der Waals surface area contributed by atoms with Gasteiger partial charge in [0.25, 0.3) is 11.5 Å². The summed E-state index contributed by atoms with van der Waals surface area (Å²) < 4.78 is 19.6. The monoisotopic (exact) mass is 601 g/mol. The van der Waals surface area contributed by atoms with Gasteiger partial charge in [-0.25, -0.2) is 0 Å². The number of fused-ring (bicyclic) bond motifs is 8. The van der Waals surface area contributed by atoms with Crippen LogP contribution in [0, 0.1) is 16.0 Å². The van der Waals surface area contributed by atoms with Gasteiger partial charge in [-0.1, -0.05) is 13.0 Å². The van der Waals surface area contributed by atoms with Crippen LogP contribution in [0.1, 0.15) is 53.2 Å². The van der Waals surface area contributed by atoms with Gasteiger partial charge < -0.3 is 44.8 Å². The summed E-state index contributed by atoms with van der Waals surface area (Å²) in [6, 6.07) is 13.9. The largest absolute Gasteiger partial charge is 0.507 e. The SMILES string of the molecule is CC[C@H]1[C@H]2c3cc([N+](=O)[O-])ccc3O[C@]1(c1ccc(O)c(O)c1)Oc1cc(O)c3c(c12)O[C@H](c1ccc(O)c(O)c1)[C@@H](O)C3. The summed E-state index contributed by atoms with van der Waals surface area (Å²) in [5, 5.41) is 74.5.